The summed E-state index contributed by atoms with van der Waals surface area (Å²) in [6.07, 6.45) is 4.93. The third-order valence-corrected chi connectivity index (χ3v) is 6.22. The highest BCUT2D eigenvalue weighted by Crippen LogP contribution is 2.28. The van der Waals surface area contributed by atoms with Crippen LogP contribution in [0.3, 0.4) is 0 Å². The van der Waals surface area contributed by atoms with Gasteiger partial charge in [0.1, 0.15) is 5.75 Å². The molecule has 0 aliphatic carbocycles. The Labute approximate surface area is 191 Å². The molecule has 0 amide bonds. The van der Waals surface area contributed by atoms with Crippen molar-refractivity contribution < 1.29 is 14.2 Å². The second-order valence-corrected chi connectivity index (χ2v) is 8.48. The second kappa shape index (κ2) is 12.2. The van der Waals surface area contributed by atoms with E-state index in [1.54, 1.807) is 7.11 Å². The number of pyridine rings is 1. The summed E-state index contributed by atoms with van der Waals surface area (Å²) in [6.45, 7) is 11.1. The summed E-state index contributed by atoms with van der Waals surface area (Å²) >= 11 is 0. The molecule has 1 aromatic carbocycles. The van der Waals surface area contributed by atoms with E-state index in [0.717, 1.165) is 91.0 Å². The lowest BCUT2D eigenvalue weighted by Crippen LogP contribution is -2.38. The molecular formula is C25H36N4O3. The summed E-state index contributed by atoms with van der Waals surface area (Å²) in [5.74, 6) is 0.957. The minimum absolute atomic E-state index is 0.784. The molecule has 3 heterocycles. The van der Waals surface area contributed by atoms with Crippen LogP contribution in [0.25, 0.3) is 0 Å². The molecular weight excluding hydrogens is 404 g/mol. The number of nitrogens with zero attached hydrogens (tertiary/aromatic N) is 4. The summed E-state index contributed by atoms with van der Waals surface area (Å²) < 4.78 is 16.8. The molecule has 0 bridgehead atoms. The van der Waals surface area contributed by atoms with E-state index in [1.165, 1.54) is 16.8 Å². The topological polar surface area (TPSA) is 50.3 Å². The number of morpholine rings is 2. The fourth-order valence-electron chi connectivity index (χ4n) is 4.43. The van der Waals surface area contributed by atoms with Crippen molar-refractivity contribution >= 4 is 5.69 Å². The van der Waals surface area contributed by atoms with Gasteiger partial charge in [0, 0.05) is 75.5 Å². The van der Waals surface area contributed by atoms with Gasteiger partial charge in [-0.05, 0) is 30.7 Å². The molecule has 0 spiro atoms. The molecule has 0 atom stereocenters. The van der Waals surface area contributed by atoms with Gasteiger partial charge in [0.15, 0.2) is 0 Å². The highest BCUT2D eigenvalue weighted by atomic mass is 16.5. The van der Waals surface area contributed by atoms with Gasteiger partial charge >= 0.3 is 0 Å². The van der Waals surface area contributed by atoms with Crippen LogP contribution in [-0.2, 0) is 22.6 Å². The highest BCUT2D eigenvalue weighted by Gasteiger charge is 2.16. The summed E-state index contributed by atoms with van der Waals surface area (Å²) in [4.78, 5) is 11.7. The Kier molecular flexibility index (Phi) is 8.73. The van der Waals surface area contributed by atoms with Crippen molar-refractivity contribution in [1.29, 1.82) is 0 Å². The van der Waals surface area contributed by atoms with Gasteiger partial charge in [-0.25, -0.2) is 0 Å². The summed E-state index contributed by atoms with van der Waals surface area (Å²) in [6, 6.07) is 10.8. The quantitative estimate of drug-likeness (QED) is 0.563. The lowest BCUT2D eigenvalue weighted by atomic mass is 10.1. The highest BCUT2D eigenvalue weighted by molar-refractivity contribution is 5.54. The molecule has 0 N–H and O–H groups in total. The predicted octanol–water partition coefficient (Wildman–Crippen LogP) is 2.65. The van der Waals surface area contributed by atoms with Crippen LogP contribution in [-0.4, -0.2) is 87.6 Å². The Bertz CT molecular complexity index is 808. The Balaban J connectivity index is 1.42. The zero-order valence-electron chi connectivity index (χ0n) is 19.2. The first kappa shape index (κ1) is 23.0. The van der Waals surface area contributed by atoms with Crippen LogP contribution in [0.5, 0.6) is 5.75 Å². The van der Waals surface area contributed by atoms with Crippen LogP contribution in [0.4, 0.5) is 5.69 Å². The zero-order chi connectivity index (χ0) is 22.0. The van der Waals surface area contributed by atoms with E-state index >= 15 is 0 Å². The molecule has 0 radical (unpaired) electrons. The van der Waals surface area contributed by atoms with Crippen molar-refractivity contribution in [3.8, 4) is 5.75 Å². The third kappa shape index (κ3) is 6.65. The van der Waals surface area contributed by atoms with Gasteiger partial charge in [-0.15, -0.1) is 0 Å². The Morgan fingerprint density at radius 1 is 1.00 bits per heavy atom. The largest absolute Gasteiger partial charge is 0.496 e. The lowest BCUT2D eigenvalue weighted by molar-refractivity contribution is 0.0358. The van der Waals surface area contributed by atoms with Crippen molar-refractivity contribution in [3.63, 3.8) is 0 Å². The molecule has 174 valence electrons. The van der Waals surface area contributed by atoms with Crippen LogP contribution in [0.15, 0.2) is 42.7 Å². The van der Waals surface area contributed by atoms with Crippen LogP contribution in [0.2, 0.25) is 0 Å². The molecule has 2 aliphatic rings. The van der Waals surface area contributed by atoms with Crippen molar-refractivity contribution in [1.82, 2.24) is 14.8 Å². The smallest absolute Gasteiger partial charge is 0.125 e. The van der Waals surface area contributed by atoms with E-state index in [1.807, 2.05) is 18.5 Å². The van der Waals surface area contributed by atoms with Gasteiger partial charge in [0.25, 0.3) is 0 Å². The molecule has 4 rings (SSSR count). The van der Waals surface area contributed by atoms with E-state index in [4.69, 9.17) is 14.2 Å². The minimum Gasteiger partial charge on any atom is -0.496 e. The summed E-state index contributed by atoms with van der Waals surface area (Å²) in [7, 11) is 1.77. The molecule has 32 heavy (non-hydrogen) atoms. The number of ether oxygens (including phenoxy) is 3. The molecule has 0 saturated carbocycles. The van der Waals surface area contributed by atoms with Gasteiger partial charge in [-0.3, -0.25) is 14.8 Å². The van der Waals surface area contributed by atoms with E-state index in [9.17, 15) is 0 Å². The van der Waals surface area contributed by atoms with Crippen molar-refractivity contribution in [2.45, 2.75) is 19.5 Å². The number of aromatic nitrogens is 1. The van der Waals surface area contributed by atoms with Crippen molar-refractivity contribution in [2.24, 2.45) is 0 Å². The normalized spacial score (nSPS) is 17.6. The maximum absolute atomic E-state index is 5.81. The molecule has 1 aromatic heterocycles. The maximum atomic E-state index is 5.81. The van der Waals surface area contributed by atoms with E-state index in [0.29, 0.717) is 0 Å². The maximum Gasteiger partial charge on any atom is 0.125 e. The van der Waals surface area contributed by atoms with Gasteiger partial charge < -0.3 is 19.1 Å². The molecule has 2 saturated heterocycles. The average Bonchev–Trinajstić information content (AvgIpc) is 2.86. The first-order valence-electron chi connectivity index (χ1n) is 11.7. The molecule has 7 heteroatoms. The van der Waals surface area contributed by atoms with Gasteiger partial charge in [-0.1, -0.05) is 12.1 Å². The summed E-state index contributed by atoms with van der Waals surface area (Å²) in [5, 5.41) is 0. The predicted molar refractivity (Wildman–Crippen MR) is 126 cm³/mol. The summed E-state index contributed by atoms with van der Waals surface area (Å²) in [5.41, 5.74) is 3.67. The van der Waals surface area contributed by atoms with Crippen LogP contribution >= 0.6 is 0 Å². The fraction of sp³-hybridized carbons (Fsp3) is 0.560. The van der Waals surface area contributed by atoms with Gasteiger partial charge in [0.05, 0.1) is 33.5 Å². The zero-order valence-corrected chi connectivity index (χ0v) is 19.2. The van der Waals surface area contributed by atoms with Gasteiger partial charge in [-0.2, -0.15) is 0 Å². The molecule has 0 unspecified atom stereocenters. The van der Waals surface area contributed by atoms with Crippen LogP contribution < -0.4 is 9.64 Å². The van der Waals surface area contributed by atoms with Crippen molar-refractivity contribution in [3.05, 3.63) is 53.9 Å². The number of rotatable bonds is 10. The SMILES string of the molecule is COc1cc(N2CCOCC2)ccc1CN(CCCN1CCOCC1)Cc1cccnc1. The van der Waals surface area contributed by atoms with E-state index in [-0.39, 0.29) is 0 Å². The van der Waals surface area contributed by atoms with Crippen LogP contribution in [0.1, 0.15) is 17.5 Å². The van der Waals surface area contributed by atoms with E-state index < -0.39 is 0 Å². The Morgan fingerprint density at radius 2 is 1.78 bits per heavy atom. The van der Waals surface area contributed by atoms with Crippen molar-refractivity contribution in [2.75, 3.05) is 77.7 Å². The average molecular weight is 441 g/mol. The minimum atomic E-state index is 0.784. The molecule has 2 aliphatic heterocycles. The fourth-order valence-corrected chi connectivity index (χ4v) is 4.43. The van der Waals surface area contributed by atoms with Crippen LogP contribution in [0, 0.1) is 0 Å². The first-order valence-corrected chi connectivity index (χ1v) is 11.7. The first-order chi connectivity index (χ1) is 15.8. The molecule has 2 aromatic rings. The number of methoxy groups -OCH3 is 1. The van der Waals surface area contributed by atoms with Gasteiger partial charge in [0.2, 0.25) is 0 Å². The lowest BCUT2D eigenvalue weighted by Gasteiger charge is -2.30. The molecule has 7 nitrogen and oxygen atoms in total. The second-order valence-electron chi connectivity index (χ2n) is 8.48. The number of hydrogen-bond donors (Lipinski definition) is 0. The molecule has 2 fully saturated rings. The third-order valence-electron chi connectivity index (χ3n) is 6.22. The number of benzene rings is 1. The van der Waals surface area contributed by atoms with E-state index in [2.05, 4.69) is 43.9 Å². The standard InChI is InChI=1S/C25H36N4O3/c1-30-25-18-24(29-12-16-32-17-13-29)6-5-23(25)21-28(20-22-4-2-7-26-19-22)9-3-8-27-10-14-31-15-11-27/h2,4-7,18-19H,3,8-17,20-21H2,1H3. The number of hydrogen-bond acceptors (Lipinski definition) is 7. The Hall–Kier alpha value is -2.19. The monoisotopic (exact) mass is 440 g/mol. The number of anilines is 1. The Morgan fingerprint density at radius 3 is 2.50 bits per heavy atom.